The second kappa shape index (κ2) is 7.05. The fourth-order valence-corrected chi connectivity index (χ4v) is 4.67. The van der Waals surface area contributed by atoms with E-state index in [-0.39, 0.29) is 16.3 Å². The van der Waals surface area contributed by atoms with Crippen LogP contribution in [-0.2, 0) is 12.8 Å². The number of halogens is 1. The number of hydrogen-bond acceptors (Lipinski definition) is 5. The zero-order valence-corrected chi connectivity index (χ0v) is 15.4. The summed E-state index contributed by atoms with van der Waals surface area (Å²) in [5.74, 6) is -0.641. The molecule has 1 atom stereocenters. The Labute approximate surface area is 158 Å². The third kappa shape index (κ3) is 3.42. The molecule has 0 radical (unpaired) electrons. The Balaban J connectivity index is 1.94. The maximum Gasteiger partial charge on any atom is 0.288 e. The van der Waals surface area contributed by atoms with E-state index in [2.05, 4.69) is 12.2 Å². The molecule has 1 aliphatic carbocycles. The summed E-state index contributed by atoms with van der Waals surface area (Å²) >= 11 is 7.11. The molecule has 136 valence electrons. The lowest BCUT2D eigenvalue weighted by molar-refractivity contribution is -0.384. The first-order valence-corrected chi connectivity index (χ1v) is 9.17. The van der Waals surface area contributed by atoms with Crippen LogP contribution in [0.5, 0.6) is 0 Å². The summed E-state index contributed by atoms with van der Waals surface area (Å²) in [4.78, 5) is 35.8. The van der Waals surface area contributed by atoms with Crippen molar-refractivity contribution < 1.29 is 14.5 Å². The molecule has 1 unspecified atom stereocenters. The normalized spacial score (nSPS) is 16.0. The number of nitrogens with zero attached hydrogens (tertiary/aromatic N) is 1. The number of primary amides is 1. The summed E-state index contributed by atoms with van der Waals surface area (Å²) in [6.07, 6.45) is 2.54. The van der Waals surface area contributed by atoms with Crippen molar-refractivity contribution in [2.45, 2.75) is 26.2 Å². The molecule has 0 fully saturated rings. The largest absolute Gasteiger partial charge is 0.365 e. The molecule has 1 aromatic heterocycles. The monoisotopic (exact) mass is 393 g/mol. The van der Waals surface area contributed by atoms with Gasteiger partial charge < -0.3 is 11.1 Å². The van der Waals surface area contributed by atoms with Crippen molar-refractivity contribution in [1.82, 2.24) is 0 Å². The number of anilines is 1. The van der Waals surface area contributed by atoms with E-state index in [1.54, 1.807) is 0 Å². The molecule has 0 saturated heterocycles. The fourth-order valence-electron chi connectivity index (χ4n) is 3.07. The van der Waals surface area contributed by atoms with E-state index < -0.39 is 16.7 Å². The van der Waals surface area contributed by atoms with Crippen LogP contribution in [0.15, 0.2) is 18.2 Å². The molecule has 2 amide bonds. The SMILES string of the molecule is CC1CCc2c(sc(NC(=O)c3ccc(Cl)c([N+](=O)[O-])c3)c2C(N)=O)C1. The van der Waals surface area contributed by atoms with Gasteiger partial charge in [-0.2, -0.15) is 0 Å². The van der Waals surface area contributed by atoms with Gasteiger partial charge in [0.1, 0.15) is 10.0 Å². The highest BCUT2D eigenvalue weighted by molar-refractivity contribution is 7.17. The van der Waals surface area contributed by atoms with Gasteiger partial charge in [-0.25, -0.2) is 0 Å². The number of carbonyl (C=O) groups is 2. The Hall–Kier alpha value is -2.45. The number of nitrogens with one attached hydrogen (secondary N) is 1. The first kappa shape index (κ1) is 18.3. The number of fused-ring (bicyclic) bond motifs is 1. The van der Waals surface area contributed by atoms with Crippen molar-refractivity contribution in [2.24, 2.45) is 11.7 Å². The Bertz CT molecular complexity index is 925. The lowest BCUT2D eigenvalue weighted by Gasteiger charge is -2.18. The topological polar surface area (TPSA) is 115 Å². The minimum absolute atomic E-state index is 0.0510. The number of benzene rings is 1. The van der Waals surface area contributed by atoms with Gasteiger partial charge in [-0.3, -0.25) is 19.7 Å². The van der Waals surface area contributed by atoms with Crippen LogP contribution in [0.4, 0.5) is 10.7 Å². The summed E-state index contributed by atoms with van der Waals surface area (Å²) in [6, 6.07) is 3.80. The van der Waals surface area contributed by atoms with Crippen molar-refractivity contribution in [1.29, 1.82) is 0 Å². The first-order chi connectivity index (χ1) is 12.3. The molecule has 1 aromatic carbocycles. The van der Waals surface area contributed by atoms with Gasteiger partial charge in [0, 0.05) is 16.5 Å². The van der Waals surface area contributed by atoms with Crippen LogP contribution in [0.3, 0.4) is 0 Å². The van der Waals surface area contributed by atoms with E-state index >= 15 is 0 Å². The average Bonchev–Trinajstić information content (AvgIpc) is 2.91. The highest BCUT2D eigenvalue weighted by atomic mass is 35.5. The van der Waals surface area contributed by atoms with E-state index in [0.717, 1.165) is 35.8 Å². The average molecular weight is 394 g/mol. The number of nitro groups is 1. The molecule has 1 heterocycles. The molecule has 3 rings (SSSR count). The van der Waals surface area contributed by atoms with Gasteiger partial charge in [-0.1, -0.05) is 18.5 Å². The maximum absolute atomic E-state index is 12.5. The van der Waals surface area contributed by atoms with Crippen molar-refractivity contribution >= 4 is 45.4 Å². The summed E-state index contributed by atoms with van der Waals surface area (Å²) in [5.41, 5.74) is 6.49. The number of carbonyl (C=O) groups excluding carboxylic acids is 2. The third-order valence-electron chi connectivity index (χ3n) is 4.39. The van der Waals surface area contributed by atoms with Gasteiger partial charge >= 0.3 is 0 Å². The number of nitro benzene ring substituents is 1. The van der Waals surface area contributed by atoms with Crippen LogP contribution in [0.25, 0.3) is 0 Å². The summed E-state index contributed by atoms with van der Waals surface area (Å²) in [7, 11) is 0. The van der Waals surface area contributed by atoms with Gasteiger partial charge in [0.05, 0.1) is 10.5 Å². The number of hydrogen-bond donors (Lipinski definition) is 2. The quantitative estimate of drug-likeness (QED) is 0.607. The number of rotatable bonds is 4. The minimum Gasteiger partial charge on any atom is -0.365 e. The molecule has 0 aliphatic heterocycles. The van der Waals surface area contributed by atoms with Gasteiger partial charge in [-0.15, -0.1) is 11.3 Å². The zero-order valence-electron chi connectivity index (χ0n) is 13.9. The molecule has 3 N–H and O–H groups in total. The number of thiophene rings is 1. The van der Waals surface area contributed by atoms with E-state index in [1.807, 2.05) is 0 Å². The lowest BCUT2D eigenvalue weighted by Crippen LogP contribution is -2.19. The Morgan fingerprint density at radius 2 is 2.15 bits per heavy atom. The van der Waals surface area contributed by atoms with Crippen molar-refractivity contribution in [3.63, 3.8) is 0 Å². The maximum atomic E-state index is 12.5. The molecule has 0 saturated carbocycles. The predicted octanol–water partition coefficient (Wildman–Crippen LogP) is 3.79. The molecule has 1 aliphatic rings. The summed E-state index contributed by atoms with van der Waals surface area (Å²) in [6.45, 7) is 2.14. The van der Waals surface area contributed by atoms with Crippen molar-refractivity contribution in [2.75, 3.05) is 5.32 Å². The van der Waals surface area contributed by atoms with Crippen LogP contribution in [0.1, 0.15) is 44.5 Å². The van der Waals surface area contributed by atoms with E-state index in [4.69, 9.17) is 17.3 Å². The van der Waals surface area contributed by atoms with Crippen LogP contribution >= 0.6 is 22.9 Å². The first-order valence-electron chi connectivity index (χ1n) is 7.97. The van der Waals surface area contributed by atoms with Crippen LogP contribution in [0, 0.1) is 16.0 Å². The number of nitrogens with two attached hydrogens (primary N) is 1. The number of amides is 2. The van der Waals surface area contributed by atoms with E-state index in [0.29, 0.717) is 16.5 Å². The molecular formula is C17H16ClN3O4S. The molecule has 7 nitrogen and oxygen atoms in total. The third-order valence-corrected chi connectivity index (χ3v) is 5.88. The van der Waals surface area contributed by atoms with Crippen LogP contribution in [0.2, 0.25) is 5.02 Å². The molecule has 9 heteroatoms. The van der Waals surface area contributed by atoms with Crippen LogP contribution in [-0.4, -0.2) is 16.7 Å². The van der Waals surface area contributed by atoms with Gasteiger partial charge in [0.25, 0.3) is 17.5 Å². The predicted molar refractivity (Wildman–Crippen MR) is 100 cm³/mol. The lowest BCUT2D eigenvalue weighted by atomic mass is 9.88. The van der Waals surface area contributed by atoms with Gasteiger partial charge in [-0.05, 0) is 42.9 Å². The Morgan fingerprint density at radius 3 is 2.81 bits per heavy atom. The van der Waals surface area contributed by atoms with Crippen LogP contribution < -0.4 is 11.1 Å². The smallest absolute Gasteiger partial charge is 0.288 e. The molecule has 2 aromatic rings. The minimum atomic E-state index is -0.654. The van der Waals surface area contributed by atoms with Crippen molar-refractivity contribution in [3.8, 4) is 0 Å². The van der Waals surface area contributed by atoms with Gasteiger partial charge in [0.15, 0.2) is 0 Å². The summed E-state index contributed by atoms with van der Waals surface area (Å²) in [5, 5.41) is 14.0. The second-order valence-electron chi connectivity index (χ2n) is 6.30. The highest BCUT2D eigenvalue weighted by Crippen LogP contribution is 2.39. The highest BCUT2D eigenvalue weighted by Gasteiger charge is 2.27. The van der Waals surface area contributed by atoms with E-state index in [9.17, 15) is 19.7 Å². The Kier molecular flexibility index (Phi) is 4.97. The Morgan fingerprint density at radius 1 is 1.42 bits per heavy atom. The standard InChI is InChI=1S/C17H16ClN3O4S/c1-8-2-4-10-13(6-8)26-17(14(10)15(19)22)20-16(23)9-3-5-11(18)12(7-9)21(24)25/h3,5,7-8H,2,4,6H2,1H3,(H2,19,22)(H,20,23). The zero-order chi connectivity index (χ0) is 19.0. The molecule has 26 heavy (non-hydrogen) atoms. The van der Waals surface area contributed by atoms with Crippen molar-refractivity contribution in [3.05, 3.63) is 54.9 Å². The molecular weight excluding hydrogens is 378 g/mol. The van der Waals surface area contributed by atoms with E-state index in [1.165, 1.54) is 23.5 Å². The summed E-state index contributed by atoms with van der Waals surface area (Å²) < 4.78 is 0. The molecule has 0 bridgehead atoms. The molecule has 0 spiro atoms. The fraction of sp³-hybridized carbons (Fsp3) is 0.294. The second-order valence-corrected chi connectivity index (χ2v) is 7.81. The van der Waals surface area contributed by atoms with Gasteiger partial charge in [0.2, 0.25) is 0 Å².